The molecule has 0 atom stereocenters. The van der Waals surface area contributed by atoms with Crippen molar-refractivity contribution in [3.63, 3.8) is 0 Å². The maximum absolute atomic E-state index is 12.2. The smallest absolute Gasteiger partial charge is 0.338 e. The molecule has 28 heavy (non-hydrogen) atoms. The largest absolute Gasteiger partial charge is 0.494 e. The molecule has 2 aromatic rings. The lowest BCUT2D eigenvalue weighted by Gasteiger charge is -2.11. The van der Waals surface area contributed by atoms with E-state index in [0.29, 0.717) is 36.1 Å². The zero-order valence-corrected chi connectivity index (χ0v) is 16.3. The summed E-state index contributed by atoms with van der Waals surface area (Å²) >= 11 is 0. The summed E-state index contributed by atoms with van der Waals surface area (Å²) in [7, 11) is 1.49. The average Bonchev–Trinajstić information content (AvgIpc) is 2.72. The Labute approximate surface area is 164 Å². The maximum Gasteiger partial charge on any atom is 0.338 e. The van der Waals surface area contributed by atoms with Gasteiger partial charge in [-0.1, -0.05) is 6.92 Å². The second kappa shape index (κ2) is 10.8. The van der Waals surface area contributed by atoms with Crippen LogP contribution in [0.4, 0.5) is 5.69 Å². The molecule has 150 valence electrons. The van der Waals surface area contributed by atoms with Gasteiger partial charge in [0.1, 0.15) is 5.75 Å². The number of carbonyl (C=O) groups is 2. The van der Waals surface area contributed by atoms with Gasteiger partial charge in [0.2, 0.25) is 0 Å². The second-order valence-electron chi connectivity index (χ2n) is 5.80. The predicted octanol–water partition coefficient (Wildman–Crippen LogP) is 3.68. The van der Waals surface area contributed by atoms with E-state index in [1.165, 1.54) is 13.2 Å². The fraction of sp³-hybridized carbons (Fsp3) is 0.333. The van der Waals surface area contributed by atoms with Crippen LogP contribution in [0.15, 0.2) is 42.5 Å². The summed E-state index contributed by atoms with van der Waals surface area (Å²) in [6.45, 7) is 4.61. The van der Waals surface area contributed by atoms with E-state index in [-0.39, 0.29) is 5.56 Å². The summed E-state index contributed by atoms with van der Waals surface area (Å²) in [5, 5.41) is 2.66. The SMILES string of the molecule is CCCOc1ccc(C(=O)OCC(=O)Nc2ccc(OCC)cc2)cc1OC. The van der Waals surface area contributed by atoms with Crippen LogP contribution in [-0.2, 0) is 9.53 Å². The summed E-state index contributed by atoms with van der Waals surface area (Å²) in [6, 6.07) is 11.7. The Kier molecular flexibility index (Phi) is 8.14. The lowest BCUT2D eigenvalue weighted by atomic mass is 10.2. The number of carbonyl (C=O) groups excluding carboxylic acids is 2. The number of hydrogen-bond donors (Lipinski definition) is 1. The molecule has 1 N–H and O–H groups in total. The van der Waals surface area contributed by atoms with Crippen molar-refractivity contribution in [2.75, 3.05) is 32.2 Å². The van der Waals surface area contributed by atoms with Crippen molar-refractivity contribution in [1.82, 2.24) is 0 Å². The third-order valence-corrected chi connectivity index (χ3v) is 3.64. The van der Waals surface area contributed by atoms with Crippen LogP contribution in [-0.4, -0.2) is 38.8 Å². The van der Waals surface area contributed by atoms with Gasteiger partial charge in [0.25, 0.3) is 5.91 Å². The molecule has 7 nitrogen and oxygen atoms in total. The maximum atomic E-state index is 12.2. The molecule has 0 spiro atoms. The van der Waals surface area contributed by atoms with E-state index in [1.54, 1.807) is 36.4 Å². The van der Waals surface area contributed by atoms with Crippen molar-refractivity contribution < 1.29 is 28.5 Å². The Bertz CT molecular complexity index is 788. The van der Waals surface area contributed by atoms with E-state index in [2.05, 4.69) is 5.32 Å². The minimum atomic E-state index is -0.623. The zero-order valence-electron chi connectivity index (χ0n) is 16.3. The van der Waals surface area contributed by atoms with Crippen LogP contribution in [0.5, 0.6) is 17.2 Å². The molecular formula is C21H25NO6. The molecule has 2 rings (SSSR count). The molecule has 7 heteroatoms. The van der Waals surface area contributed by atoms with Crippen molar-refractivity contribution in [3.8, 4) is 17.2 Å². The topological polar surface area (TPSA) is 83.1 Å². The van der Waals surface area contributed by atoms with Gasteiger partial charge in [-0.15, -0.1) is 0 Å². The van der Waals surface area contributed by atoms with Crippen molar-refractivity contribution in [2.45, 2.75) is 20.3 Å². The van der Waals surface area contributed by atoms with Crippen molar-refractivity contribution in [2.24, 2.45) is 0 Å². The number of amides is 1. The minimum absolute atomic E-state index is 0.273. The highest BCUT2D eigenvalue weighted by Crippen LogP contribution is 2.28. The van der Waals surface area contributed by atoms with Gasteiger partial charge < -0.3 is 24.3 Å². The molecule has 0 aliphatic heterocycles. The summed E-state index contributed by atoms with van der Waals surface area (Å²) in [5.74, 6) is 0.637. The van der Waals surface area contributed by atoms with Gasteiger partial charge in [0.05, 0.1) is 25.9 Å². The third-order valence-electron chi connectivity index (χ3n) is 3.64. The zero-order chi connectivity index (χ0) is 20.4. The van der Waals surface area contributed by atoms with E-state index < -0.39 is 18.5 Å². The number of nitrogens with one attached hydrogen (secondary N) is 1. The number of methoxy groups -OCH3 is 1. The number of esters is 1. The Morgan fingerprint density at radius 3 is 2.36 bits per heavy atom. The van der Waals surface area contributed by atoms with Crippen molar-refractivity contribution in [3.05, 3.63) is 48.0 Å². The Morgan fingerprint density at radius 2 is 1.71 bits per heavy atom. The number of rotatable bonds is 10. The van der Waals surface area contributed by atoms with Crippen LogP contribution >= 0.6 is 0 Å². The molecule has 0 aliphatic carbocycles. The highest BCUT2D eigenvalue weighted by Gasteiger charge is 2.14. The second-order valence-corrected chi connectivity index (χ2v) is 5.80. The van der Waals surface area contributed by atoms with Crippen LogP contribution in [0, 0.1) is 0 Å². The van der Waals surface area contributed by atoms with Crippen molar-refractivity contribution in [1.29, 1.82) is 0 Å². The van der Waals surface area contributed by atoms with Crippen LogP contribution < -0.4 is 19.5 Å². The summed E-state index contributed by atoms with van der Waals surface area (Å²) in [5.41, 5.74) is 0.859. The first-order valence-electron chi connectivity index (χ1n) is 9.08. The first kappa shape index (κ1) is 21.1. The first-order chi connectivity index (χ1) is 13.6. The predicted molar refractivity (Wildman–Crippen MR) is 105 cm³/mol. The summed E-state index contributed by atoms with van der Waals surface area (Å²) in [4.78, 5) is 24.2. The standard InChI is InChI=1S/C21H25NO6/c1-4-12-27-18-11-6-15(13-19(18)25-3)21(24)28-14-20(23)22-16-7-9-17(10-8-16)26-5-2/h6-11,13H,4-5,12,14H2,1-3H3,(H,22,23). The molecule has 1 amide bonds. The van der Waals surface area contributed by atoms with Gasteiger partial charge in [-0.2, -0.15) is 0 Å². The fourth-order valence-electron chi connectivity index (χ4n) is 2.34. The van der Waals surface area contributed by atoms with Crippen molar-refractivity contribution >= 4 is 17.6 Å². The van der Waals surface area contributed by atoms with Crippen LogP contribution in [0.2, 0.25) is 0 Å². The van der Waals surface area contributed by atoms with E-state index in [9.17, 15) is 9.59 Å². The molecule has 0 radical (unpaired) electrons. The van der Waals surface area contributed by atoms with Gasteiger partial charge >= 0.3 is 5.97 Å². The van der Waals surface area contributed by atoms with Crippen LogP contribution in [0.25, 0.3) is 0 Å². The monoisotopic (exact) mass is 387 g/mol. The number of hydrogen-bond acceptors (Lipinski definition) is 6. The normalized spacial score (nSPS) is 10.1. The van der Waals surface area contributed by atoms with Gasteiger partial charge in [-0.3, -0.25) is 4.79 Å². The fourth-order valence-corrected chi connectivity index (χ4v) is 2.34. The molecule has 0 saturated heterocycles. The lowest BCUT2D eigenvalue weighted by molar-refractivity contribution is -0.119. The summed E-state index contributed by atoms with van der Waals surface area (Å²) < 4.78 is 21.2. The van der Waals surface area contributed by atoms with Crippen LogP contribution in [0.3, 0.4) is 0 Å². The Morgan fingerprint density at radius 1 is 0.964 bits per heavy atom. The van der Waals surface area contributed by atoms with E-state index in [4.69, 9.17) is 18.9 Å². The Hall–Kier alpha value is -3.22. The third kappa shape index (κ3) is 6.19. The number of anilines is 1. The van der Waals surface area contributed by atoms with E-state index in [1.807, 2.05) is 13.8 Å². The minimum Gasteiger partial charge on any atom is -0.494 e. The van der Waals surface area contributed by atoms with Gasteiger partial charge in [-0.25, -0.2) is 4.79 Å². The lowest BCUT2D eigenvalue weighted by Crippen LogP contribution is -2.21. The molecule has 0 fully saturated rings. The summed E-state index contributed by atoms with van der Waals surface area (Å²) in [6.07, 6.45) is 0.858. The quantitative estimate of drug-likeness (QED) is 0.626. The number of ether oxygens (including phenoxy) is 4. The molecule has 0 aliphatic rings. The van der Waals surface area contributed by atoms with E-state index >= 15 is 0 Å². The van der Waals surface area contributed by atoms with E-state index in [0.717, 1.165) is 6.42 Å². The first-order valence-corrected chi connectivity index (χ1v) is 9.08. The van der Waals surface area contributed by atoms with Crippen LogP contribution in [0.1, 0.15) is 30.6 Å². The van der Waals surface area contributed by atoms with Gasteiger partial charge in [0, 0.05) is 5.69 Å². The Balaban J connectivity index is 1.89. The number of benzene rings is 2. The molecule has 0 unspecified atom stereocenters. The highest BCUT2D eigenvalue weighted by atomic mass is 16.5. The molecule has 0 bridgehead atoms. The molecule has 0 aromatic heterocycles. The molecule has 2 aromatic carbocycles. The van der Waals surface area contributed by atoms with Gasteiger partial charge in [-0.05, 0) is 55.8 Å². The molecular weight excluding hydrogens is 362 g/mol. The van der Waals surface area contributed by atoms with Gasteiger partial charge in [0.15, 0.2) is 18.1 Å². The molecule has 0 saturated carbocycles. The highest BCUT2D eigenvalue weighted by molar-refractivity contribution is 5.95. The molecule has 0 heterocycles. The average molecular weight is 387 g/mol.